The van der Waals surface area contributed by atoms with E-state index in [-0.39, 0.29) is 34.4 Å². The molecular formula is C40H53ClOSiZr-2. The van der Waals surface area contributed by atoms with E-state index in [1.54, 1.807) is 29.4 Å². The van der Waals surface area contributed by atoms with Crippen LogP contribution in [0.25, 0.3) is 21.5 Å². The summed E-state index contributed by atoms with van der Waals surface area (Å²) < 4.78 is 0. The average Bonchev–Trinajstić information content (AvgIpc) is 3.38. The minimum Gasteiger partial charge on any atom is -1.00 e. The summed E-state index contributed by atoms with van der Waals surface area (Å²) in [6.07, 6.45) is 0. The maximum absolute atomic E-state index is 11.7. The minimum absolute atomic E-state index is 0. The maximum atomic E-state index is 11.7. The Morgan fingerprint density at radius 3 is 1.30 bits per heavy atom. The summed E-state index contributed by atoms with van der Waals surface area (Å²) in [5.41, 5.74) is 10.6. The first-order chi connectivity index (χ1) is 19.7. The fraction of sp³-hybridized carbons (Fsp3) is 0.400. The third-order valence-electron chi connectivity index (χ3n) is 7.59. The largest absolute Gasteiger partial charge is 1.00 e. The second kappa shape index (κ2) is 16.6. The van der Waals surface area contributed by atoms with Gasteiger partial charge in [-0.1, -0.05) is 101 Å². The number of aryl methyl sites for hydroxylation is 6. The zero-order valence-electron chi connectivity index (χ0n) is 29.6. The van der Waals surface area contributed by atoms with Gasteiger partial charge in [0.15, 0.2) is 0 Å². The molecule has 0 fully saturated rings. The standard InChI is InChI=1S/C14H22O.2C12H13.C2H6Si.ClH.Zr/c1-13(2,3)10-7-8-12(15)11(9-10)14(4,5)6;2*1-8-4-11-6-9(2)10(3)7-12(11)5-8;1-3-2;;/h7-9,15H,1-6H3;2*4-7H,1-3H3;1-2H3;1H;/q;2*-1;;;+2/p-2. The van der Waals surface area contributed by atoms with Gasteiger partial charge in [-0.25, -0.2) is 0 Å². The molecule has 0 bridgehead atoms. The SMILES string of the molecule is CC(C)(C)c1ccc([O-])c(C(C)(C)C)c1.C[Si](C)=[Zr+2].Cc1cc2cc(C)c(C)cc2[cH-]1.Cc1cc2cc(C)c(C)cc2[cH-]1.[Cl-]. The van der Waals surface area contributed by atoms with Gasteiger partial charge in [-0.15, -0.1) is 74.8 Å². The Balaban J connectivity index is 0.000000309. The molecule has 0 atom stereocenters. The Kier molecular flexibility index (Phi) is 15.1. The van der Waals surface area contributed by atoms with E-state index in [2.05, 4.69) is 151 Å². The summed E-state index contributed by atoms with van der Waals surface area (Å²) in [7, 11) is 0. The molecule has 5 aromatic carbocycles. The van der Waals surface area contributed by atoms with Crippen LogP contribution in [-0.4, -0.2) is 5.43 Å². The minimum atomic E-state index is -0.0711. The van der Waals surface area contributed by atoms with Crippen molar-refractivity contribution in [3.63, 3.8) is 0 Å². The molecule has 0 radical (unpaired) electrons. The van der Waals surface area contributed by atoms with Gasteiger partial charge in [0.1, 0.15) is 0 Å². The number of rotatable bonds is 0. The summed E-state index contributed by atoms with van der Waals surface area (Å²) in [4.78, 5) is 0. The molecule has 0 heterocycles. The van der Waals surface area contributed by atoms with Gasteiger partial charge >= 0.3 is 41.9 Å². The normalized spacial score (nSPS) is 11.0. The molecule has 236 valence electrons. The Bertz CT molecular complexity index is 1520. The first-order valence-corrected chi connectivity index (χ1v) is 21.5. The number of fused-ring (bicyclic) bond motifs is 2. The molecule has 0 spiro atoms. The molecule has 1 nitrogen and oxygen atoms in total. The molecule has 0 aliphatic carbocycles. The maximum Gasteiger partial charge on any atom is -0.0411 e. The molecule has 5 aromatic rings. The van der Waals surface area contributed by atoms with E-state index in [1.165, 1.54) is 60.5 Å². The van der Waals surface area contributed by atoms with Gasteiger partial charge in [-0.3, -0.25) is 0 Å². The van der Waals surface area contributed by atoms with Crippen LogP contribution in [0.5, 0.6) is 5.75 Å². The molecule has 4 heteroatoms. The van der Waals surface area contributed by atoms with Crippen LogP contribution in [-0.2, 0) is 34.2 Å². The molecule has 0 saturated carbocycles. The van der Waals surface area contributed by atoms with Gasteiger partial charge in [0.25, 0.3) is 0 Å². The van der Waals surface area contributed by atoms with E-state index in [0.717, 1.165) is 5.56 Å². The van der Waals surface area contributed by atoms with Crippen LogP contribution in [0.4, 0.5) is 0 Å². The zero-order chi connectivity index (χ0) is 32.9. The van der Waals surface area contributed by atoms with Crippen LogP contribution in [0.2, 0.25) is 13.1 Å². The van der Waals surface area contributed by atoms with Crippen LogP contribution in [0.15, 0.2) is 66.7 Å². The van der Waals surface area contributed by atoms with E-state index in [4.69, 9.17) is 0 Å². The van der Waals surface area contributed by atoms with Crippen molar-refractivity contribution in [1.29, 1.82) is 0 Å². The molecule has 0 aliphatic rings. The van der Waals surface area contributed by atoms with Gasteiger partial charge in [-0.05, 0) is 44.1 Å². The third kappa shape index (κ3) is 12.1. The summed E-state index contributed by atoms with van der Waals surface area (Å²) in [5, 5.41) is 17.2. The van der Waals surface area contributed by atoms with Crippen molar-refractivity contribution in [2.24, 2.45) is 0 Å². The van der Waals surface area contributed by atoms with Crippen molar-refractivity contribution < 1.29 is 40.8 Å². The van der Waals surface area contributed by atoms with E-state index >= 15 is 0 Å². The van der Waals surface area contributed by atoms with Crippen molar-refractivity contribution in [3.8, 4) is 5.75 Å². The summed E-state index contributed by atoms with van der Waals surface area (Å²) in [5.74, 6) is 0.149. The molecule has 0 aromatic heterocycles. The fourth-order valence-electron chi connectivity index (χ4n) is 4.87. The van der Waals surface area contributed by atoms with Crippen molar-refractivity contribution in [3.05, 3.63) is 111 Å². The van der Waals surface area contributed by atoms with Gasteiger partial charge in [0.2, 0.25) is 0 Å². The predicted octanol–water partition coefficient (Wildman–Crippen LogP) is 8.11. The van der Waals surface area contributed by atoms with E-state index in [1.807, 2.05) is 6.07 Å². The third-order valence-corrected chi connectivity index (χ3v) is 7.59. The summed E-state index contributed by atoms with van der Waals surface area (Å²) >= 11 is 1.74. The number of halogens is 1. The molecule has 0 N–H and O–H groups in total. The van der Waals surface area contributed by atoms with Gasteiger partial charge in [0, 0.05) is 0 Å². The molecule has 0 aliphatic heterocycles. The second-order valence-corrected chi connectivity index (χ2v) is 23.8. The molecule has 0 amide bonds. The van der Waals surface area contributed by atoms with Crippen LogP contribution in [0.1, 0.15) is 86.1 Å². The van der Waals surface area contributed by atoms with Gasteiger partial charge in [-0.2, -0.15) is 12.1 Å². The first kappa shape index (κ1) is 40.1. The van der Waals surface area contributed by atoms with Crippen molar-refractivity contribution in [2.45, 2.75) is 107 Å². The van der Waals surface area contributed by atoms with Crippen LogP contribution in [0.3, 0.4) is 0 Å². The summed E-state index contributed by atoms with van der Waals surface area (Å²) in [6, 6.07) is 23.7. The van der Waals surface area contributed by atoms with Crippen molar-refractivity contribution in [1.82, 2.24) is 0 Å². The van der Waals surface area contributed by atoms with Crippen LogP contribution >= 0.6 is 0 Å². The molecule has 0 saturated heterocycles. The molecule has 44 heavy (non-hydrogen) atoms. The van der Waals surface area contributed by atoms with Crippen LogP contribution in [0, 0.1) is 41.5 Å². The molecule has 0 unspecified atom stereocenters. The topological polar surface area (TPSA) is 23.1 Å². The number of hydrogen-bond acceptors (Lipinski definition) is 1. The number of benzene rings is 3. The molecule has 5 rings (SSSR count). The smallest absolute Gasteiger partial charge is 0.0411 e. The average molecular weight is 705 g/mol. The quantitative estimate of drug-likeness (QED) is 0.118. The van der Waals surface area contributed by atoms with E-state index < -0.39 is 0 Å². The van der Waals surface area contributed by atoms with Crippen LogP contribution < -0.4 is 17.5 Å². The Morgan fingerprint density at radius 1 is 0.591 bits per heavy atom. The Hall–Kier alpha value is -1.93. The second-order valence-electron chi connectivity index (χ2n) is 14.4. The van der Waals surface area contributed by atoms with Gasteiger partial charge in [0.05, 0.1) is 0 Å². The predicted molar refractivity (Wildman–Crippen MR) is 188 cm³/mol. The van der Waals surface area contributed by atoms with Crippen molar-refractivity contribution in [2.75, 3.05) is 0 Å². The van der Waals surface area contributed by atoms with E-state index in [0.29, 0.717) is 0 Å². The zero-order valence-corrected chi connectivity index (χ0v) is 33.9. The fourth-order valence-corrected chi connectivity index (χ4v) is 4.87. The monoisotopic (exact) mass is 702 g/mol. The summed E-state index contributed by atoms with van der Waals surface area (Å²) in [6.45, 7) is 30.3. The Labute approximate surface area is 290 Å². The first-order valence-electron chi connectivity index (χ1n) is 15.3. The van der Waals surface area contributed by atoms with Gasteiger partial charge < -0.3 is 17.5 Å². The van der Waals surface area contributed by atoms with Crippen molar-refractivity contribution >= 4 is 27.0 Å². The number of hydrogen-bond donors (Lipinski definition) is 0. The Morgan fingerprint density at radius 2 is 0.955 bits per heavy atom. The molecular weight excluding hydrogens is 651 g/mol. The van der Waals surface area contributed by atoms with E-state index in [9.17, 15) is 5.11 Å².